The van der Waals surface area contributed by atoms with Crippen LogP contribution >= 0.6 is 0 Å². The van der Waals surface area contributed by atoms with Gasteiger partial charge in [-0.05, 0) is 38.0 Å². The number of carbonyl (C=O) groups excluding carboxylic acids is 1. The van der Waals surface area contributed by atoms with E-state index in [1.807, 2.05) is 6.92 Å². The molecule has 118 valence electrons. The number of methoxy groups -OCH3 is 1. The van der Waals surface area contributed by atoms with E-state index >= 15 is 0 Å². The summed E-state index contributed by atoms with van der Waals surface area (Å²) in [6, 6.07) is 5.15. The van der Waals surface area contributed by atoms with Gasteiger partial charge >= 0.3 is 5.97 Å². The van der Waals surface area contributed by atoms with Crippen molar-refractivity contribution < 1.29 is 24.1 Å². The molecule has 2 atom stereocenters. The monoisotopic (exact) mass is 296 g/mol. The Morgan fingerprint density at radius 2 is 2.00 bits per heavy atom. The fraction of sp³-hybridized carbons (Fsp3) is 0.562. The first kappa shape index (κ1) is 17.3. The van der Waals surface area contributed by atoms with Crippen molar-refractivity contribution in [3.63, 3.8) is 0 Å². The third-order valence-electron chi connectivity index (χ3n) is 3.04. The maximum absolute atomic E-state index is 11.9. The van der Waals surface area contributed by atoms with E-state index in [2.05, 4.69) is 0 Å². The van der Waals surface area contributed by atoms with Gasteiger partial charge in [-0.25, -0.2) is 4.79 Å². The molecular formula is C16H24O5. The zero-order chi connectivity index (χ0) is 15.8. The summed E-state index contributed by atoms with van der Waals surface area (Å²) in [5.41, 5.74) is 0.724. The minimum absolute atomic E-state index is 0.320. The largest absolute Gasteiger partial charge is 0.493 e. The lowest BCUT2D eigenvalue weighted by molar-refractivity contribution is -0.151. The molecule has 0 radical (unpaired) electrons. The van der Waals surface area contributed by atoms with E-state index in [-0.39, 0.29) is 5.97 Å². The first-order valence-electron chi connectivity index (χ1n) is 7.22. The zero-order valence-electron chi connectivity index (χ0n) is 13.1. The topological polar surface area (TPSA) is 65.0 Å². The van der Waals surface area contributed by atoms with Gasteiger partial charge in [0.2, 0.25) is 0 Å². The third-order valence-corrected chi connectivity index (χ3v) is 3.04. The van der Waals surface area contributed by atoms with Gasteiger partial charge in [0.1, 0.15) is 0 Å². The van der Waals surface area contributed by atoms with Gasteiger partial charge < -0.3 is 19.3 Å². The van der Waals surface area contributed by atoms with Crippen LogP contribution in [0.1, 0.15) is 45.3 Å². The summed E-state index contributed by atoms with van der Waals surface area (Å²) in [5.74, 6) is 0.577. The molecule has 0 bridgehead atoms. The number of ether oxygens (including phenoxy) is 3. The Hall–Kier alpha value is -1.75. The smallest absolute Gasteiger partial charge is 0.347 e. The van der Waals surface area contributed by atoms with Crippen molar-refractivity contribution in [3.05, 3.63) is 23.8 Å². The maximum Gasteiger partial charge on any atom is 0.347 e. The zero-order valence-corrected chi connectivity index (χ0v) is 13.1. The SMILES string of the molecule is CCCC(Oc1ccc([C@@H](C)O)cc1OC)C(=O)OCC. The van der Waals surface area contributed by atoms with Crippen molar-refractivity contribution in [1.29, 1.82) is 0 Å². The van der Waals surface area contributed by atoms with E-state index in [4.69, 9.17) is 14.2 Å². The van der Waals surface area contributed by atoms with Gasteiger partial charge in [0.25, 0.3) is 0 Å². The summed E-state index contributed by atoms with van der Waals surface area (Å²) in [6.07, 6.45) is 0.128. The highest BCUT2D eigenvalue weighted by molar-refractivity contribution is 5.75. The van der Waals surface area contributed by atoms with Crippen LogP contribution in [0.25, 0.3) is 0 Å². The molecule has 0 aliphatic carbocycles. The standard InChI is InChI=1S/C16H24O5/c1-5-7-14(16(18)20-6-2)21-13-9-8-12(11(3)17)10-15(13)19-4/h8-11,14,17H,5-7H2,1-4H3/t11-,14?/m1/s1. The van der Waals surface area contributed by atoms with Gasteiger partial charge in [-0.2, -0.15) is 0 Å². The predicted molar refractivity (Wildman–Crippen MR) is 79.6 cm³/mol. The third kappa shape index (κ3) is 4.93. The Kier molecular flexibility index (Phi) is 7.02. The van der Waals surface area contributed by atoms with E-state index in [1.165, 1.54) is 7.11 Å². The number of esters is 1. The lowest BCUT2D eigenvalue weighted by Gasteiger charge is -2.19. The second-order valence-electron chi connectivity index (χ2n) is 4.73. The Morgan fingerprint density at radius 3 is 2.52 bits per heavy atom. The van der Waals surface area contributed by atoms with Crippen LogP contribution < -0.4 is 9.47 Å². The van der Waals surface area contributed by atoms with Gasteiger partial charge in [0.05, 0.1) is 19.8 Å². The summed E-state index contributed by atoms with van der Waals surface area (Å²) >= 11 is 0. The molecule has 0 aromatic heterocycles. The average Bonchev–Trinajstić information content (AvgIpc) is 2.47. The van der Waals surface area contributed by atoms with Crippen LogP contribution in [0.2, 0.25) is 0 Å². The second-order valence-corrected chi connectivity index (χ2v) is 4.73. The molecule has 0 saturated carbocycles. The van der Waals surface area contributed by atoms with Crippen molar-refractivity contribution in [2.75, 3.05) is 13.7 Å². The Balaban J connectivity index is 2.94. The molecule has 21 heavy (non-hydrogen) atoms. The molecule has 0 amide bonds. The Morgan fingerprint density at radius 1 is 1.29 bits per heavy atom. The molecule has 0 spiro atoms. The molecule has 5 heteroatoms. The van der Waals surface area contributed by atoms with Crippen molar-refractivity contribution >= 4 is 5.97 Å². The van der Waals surface area contributed by atoms with Gasteiger partial charge in [0, 0.05) is 0 Å². The lowest BCUT2D eigenvalue weighted by atomic mass is 10.1. The summed E-state index contributed by atoms with van der Waals surface area (Å²) in [6.45, 7) is 5.73. The molecule has 5 nitrogen and oxygen atoms in total. The molecule has 0 fully saturated rings. The average molecular weight is 296 g/mol. The molecule has 1 rings (SSSR count). The molecule has 1 unspecified atom stereocenters. The first-order valence-corrected chi connectivity index (χ1v) is 7.22. The van der Waals surface area contributed by atoms with E-state index in [9.17, 15) is 9.90 Å². The van der Waals surface area contributed by atoms with Crippen LogP contribution in [-0.4, -0.2) is 30.9 Å². The van der Waals surface area contributed by atoms with E-state index in [0.717, 1.165) is 12.0 Å². The van der Waals surface area contributed by atoms with Gasteiger partial charge in [-0.15, -0.1) is 0 Å². The molecule has 0 aliphatic rings. The molecular weight excluding hydrogens is 272 g/mol. The first-order chi connectivity index (χ1) is 10.0. The fourth-order valence-electron chi connectivity index (χ4n) is 1.92. The molecule has 1 N–H and O–H groups in total. The number of hydrogen-bond donors (Lipinski definition) is 1. The van der Waals surface area contributed by atoms with Gasteiger partial charge in [-0.3, -0.25) is 0 Å². The minimum Gasteiger partial charge on any atom is -0.493 e. The highest BCUT2D eigenvalue weighted by Crippen LogP contribution is 2.31. The Bertz CT molecular complexity index is 456. The van der Waals surface area contributed by atoms with Crippen LogP contribution in [-0.2, 0) is 9.53 Å². The number of rotatable bonds is 8. The summed E-state index contributed by atoms with van der Waals surface area (Å²) in [4.78, 5) is 11.9. The highest BCUT2D eigenvalue weighted by Gasteiger charge is 2.22. The highest BCUT2D eigenvalue weighted by atomic mass is 16.6. The van der Waals surface area contributed by atoms with Crippen molar-refractivity contribution in [2.24, 2.45) is 0 Å². The van der Waals surface area contributed by atoms with Crippen LogP contribution in [0.3, 0.4) is 0 Å². The van der Waals surface area contributed by atoms with Crippen molar-refractivity contribution in [1.82, 2.24) is 0 Å². The van der Waals surface area contributed by atoms with Gasteiger partial charge in [-0.1, -0.05) is 19.4 Å². The lowest BCUT2D eigenvalue weighted by Crippen LogP contribution is -2.29. The molecule has 1 aromatic rings. The van der Waals surface area contributed by atoms with Crippen LogP contribution in [0.15, 0.2) is 18.2 Å². The summed E-state index contributed by atoms with van der Waals surface area (Å²) in [7, 11) is 1.52. The maximum atomic E-state index is 11.9. The van der Waals surface area contributed by atoms with Gasteiger partial charge in [0.15, 0.2) is 17.6 Å². The van der Waals surface area contributed by atoms with Crippen molar-refractivity contribution in [2.45, 2.75) is 45.8 Å². The molecule has 0 aliphatic heterocycles. The summed E-state index contributed by atoms with van der Waals surface area (Å²) in [5, 5.41) is 9.59. The number of benzene rings is 1. The number of aliphatic hydroxyl groups excluding tert-OH is 1. The minimum atomic E-state index is -0.652. The number of carbonyl (C=O) groups is 1. The fourth-order valence-corrected chi connectivity index (χ4v) is 1.92. The molecule has 1 aromatic carbocycles. The Labute approximate surface area is 125 Å². The molecule has 0 saturated heterocycles. The normalized spacial score (nSPS) is 13.4. The van der Waals surface area contributed by atoms with E-state index in [0.29, 0.717) is 24.5 Å². The van der Waals surface area contributed by atoms with E-state index in [1.54, 1.807) is 32.0 Å². The van der Waals surface area contributed by atoms with Crippen LogP contribution in [0.4, 0.5) is 0 Å². The number of hydrogen-bond acceptors (Lipinski definition) is 5. The van der Waals surface area contributed by atoms with Crippen LogP contribution in [0.5, 0.6) is 11.5 Å². The quantitative estimate of drug-likeness (QED) is 0.747. The van der Waals surface area contributed by atoms with Crippen molar-refractivity contribution in [3.8, 4) is 11.5 Å². The van der Waals surface area contributed by atoms with E-state index < -0.39 is 12.2 Å². The summed E-state index contributed by atoms with van der Waals surface area (Å²) < 4.78 is 16.0. The molecule has 0 heterocycles. The van der Waals surface area contributed by atoms with Crippen LogP contribution in [0, 0.1) is 0 Å². The predicted octanol–water partition coefficient (Wildman–Crippen LogP) is 2.86. The number of aliphatic hydroxyl groups is 1. The second kappa shape index (κ2) is 8.52.